The fourth-order valence-electron chi connectivity index (χ4n) is 6.88. The number of benzene rings is 1. The molecule has 1 aromatic rings. The summed E-state index contributed by atoms with van der Waals surface area (Å²) >= 11 is 0. The fourth-order valence-corrected chi connectivity index (χ4v) is 6.88. The average Bonchev–Trinajstić information content (AvgIpc) is 3.62. The Labute approximate surface area is 243 Å². The zero-order valence-corrected chi connectivity index (χ0v) is 24.5. The Balaban J connectivity index is 1.68. The van der Waals surface area contributed by atoms with Crippen molar-refractivity contribution in [1.82, 2.24) is 4.90 Å². The minimum atomic E-state index is -1.08. The molecular weight excluding hydrogens is 522 g/mol. The second kappa shape index (κ2) is 13.7. The van der Waals surface area contributed by atoms with E-state index in [0.29, 0.717) is 44.3 Å². The Morgan fingerprint density at radius 2 is 1.83 bits per heavy atom. The number of nitrogens with zero attached hydrogens (tertiary/aromatic N) is 3. The van der Waals surface area contributed by atoms with Crippen molar-refractivity contribution in [3.63, 3.8) is 0 Å². The molecular formula is C32H45N3O6. The van der Waals surface area contributed by atoms with E-state index in [2.05, 4.69) is 31.9 Å². The van der Waals surface area contributed by atoms with Crippen LogP contribution in [0.3, 0.4) is 0 Å². The molecule has 9 heteroatoms. The van der Waals surface area contributed by atoms with Gasteiger partial charge in [-0.3, -0.25) is 14.4 Å². The fraction of sp³-hybridized carbons (Fsp3) is 0.594. The molecule has 4 rings (SSSR count). The van der Waals surface area contributed by atoms with Crippen molar-refractivity contribution in [3.05, 3.63) is 49.6 Å². The number of esters is 1. The third-order valence-electron chi connectivity index (χ3n) is 8.80. The molecule has 2 amide bonds. The second-order valence-corrected chi connectivity index (χ2v) is 11.0. The van der Waals surface area contributed by atoms with Crippen LogP contribution in [-0.2, 0) is 23.9 Å². The van der Waals surface area contributed by atoms with Crippen molar-refractivity contribution in [2.75, 3.05) is 49.2 Å². The first-order chi connectivity index (χ1) is 19.9. The van der Waals surface area contributed by atoms with Crippen LogP contribution in [0.5, 0.6) is 0 Å². The monoisotopic (exact) mass is 567 g/mol. The van der Waals surface area contributed by atoms with Crippen LogP contribution in [-0.4, -0.2) is 84.9 Å². The SMILES string of the molecule is C=CCCOC(=O)[C@@H]1[C@H]2C(=O)N(CCCCCO)C(C(=O)N(CC=C)c3ccc(N(CC)CC)cc3)C23CC[C@H]1O3. The lowest BCUT2D eigenvalue weighted by Gasteiger charge is -2.37. The summed E-state index contributed by atoms with van der Waals surface area (Å²) in [6, 6.07) is 7.00. The molecule has 1 N–H and O–H groups in total. The predicted molar refractivity (Wildman–Crippen MR) is 159 cm³/mol. The Morgan fingerprint density at radius 3 is 2.46 bits per heavy atom. The summed E-state index contributed by atoms with van der Waals surface area (Å²) in [5.74, 6) is -2.41. The molecule has 1 aromatic carbocycles. The van der Waals surface area contributed by atoms with Gasteiger partial charge in [0.25, 0.3) is 5.91 Å². The molecule has 3 aliphatic heterocycles. The van der Waals surface area contributed by atoms with Gasteiger partial charge in [-0.2, -0.15) is 0 Å². The van der Waals surface area contributed by atoms with Crippen molar-refractivity contribution < 1.29 is 29.0 Å². The van der Waals surface area contributed by atoms with Gasteiger partial charge in [-0.15, -0.1) is 13.2 Å². The summed E-state index contributed by atoms with van der Waals surface area (Å²) in [5, 5.41) is 9.26. The molecule has 0 saturated carbocycles. The van der Waals surface area contributed by atoms with E-state index in [0.717, 1.165) is 25.2 Å². The number of anilines is 2. The van der Waals surface area contributed by atoms with Gasteiger partial charge in [0.15, 0.2) is 0 Å². The first kappa shape index (κ1) is 30.8. The van der Waals surface area contributed by atoms with Crippen LogP contribution in [0.15, 0.2) is 49.6 Å². The van der Waals surface area contributed by atoms with Crippen molar-refractivity contribution in [2.24, 2.45) is 11.8 Å². The summed E-state index contributed by atoms with van der Waals surface area (Å²) in [7, 11) is 0. The first-order valence-corrected chi connectivity index (χ1v) is 15.0. The highest BCUT2D eigenvalue weighted by Crippen LogP contribution is 2.59. The Hall–Kier alpha value is -3.17. The Morgan fingerprint density at radius 1 is 1.12 bits per heavy atom. The third kappa shape index (κ3) is 5.79. The molecule has 224 valence electrons. The molecule has 1 spiro atoms. The predicted octanol–water partition coefficient (Wildman–Crippen LogP) is 3.71. The van der Waals surface area contributed by atoms with Crippen LogP contribution < -0.4 is 9.80 Å². The highest BCUT2D eigenvalue weighted by atomic mass is 16.6. The van der Waals surface area contributed by atoms with Crippen LogP contribution >= 0.6 is 0 Å². The smallest absolute Gasteiger partial charge is 0.312 e. The number of ether oxygens (including phenoxy) is 2. The van der Waals surface area contributed by atoms with Crippen molar-refractivity contribution >= 4 is 29.2 Å². The third-order valence-corrected chi connectivity index (χ3v) is 8.80. The van der Waals surface area contributed by atoms with Crippen molar-refractivity contribution in [3.8, 4) is 0 Å². The van der Waals surface area contributed by atoms with Gasteiger partial charge in [-0.25, -0.2) is 0 Å². The Bertz CT molecular complexity index is 1100. The maximum atomic E-state index is 14.6. The molecule has 41 heavy (non-hydrogen) atoms. The van der Waals surface area contributed by atoms with Crippen LogP contribution in [0.4, 0.5) is 11.4 Å². The summed E-state index contributed by atoms with van der Waals surface area (Å²) in [6.07, 6.45) is 6.52. The number of likely N-dealkylation sites (tertiary alicyclic amines) is 1. The van der Waals surface area contributed by atoms with E-state index in [1.54, 1.807) is 22.0 Å². The zero-order valence-electron chi connectivity index (χ0n) is 24.5. The quantitative estimate of drug-likeness (QED) is 0.185. The normalized spacial score (nSPS) is 26.1. The van der Waals surface area contributed by atoms with Gasteiger partial charge in [0.1, 0.15) is 11.6 Å². The summed E-state index contributed by atoms with van der Waals surface area (Å²) in [6.45, 7) is 14.4. The van der Waals surface area contributed by atoms with Crippen molar-refractivity contribution in [1.29, 1.82) is 0 Å². The van der Waals surface area contributed by atoms with Gasteiger partial charge in [-0.1, -0.05) is 12.2 Å². The van der Waals surface area contributed by atoms with E-state index in [9.17, 15) is 19.5 Å². The molecule has 9 nitrogen and oxygen atoms in total. The van der Waals surface area contributed by atoms with Gasteiger partial charge in [0.2, 0.25) is 5.91 Å². The van der Waals surface area contributed by atoms with E-state index in [1.807, 2.05) is 24.3 Å². The van der Waals surface area contributed by atoms with E-state index in [1.165, 1.54) is 0 Å². The number of carbonyl (C=O) groups is 3. The molecule has 0 aliphatic carbocycles. The summed E-state index contributed by atoms with van der Waals surface area (Å²) in [5.41, 5.74) is 0.699. The molecule has 0 radical (unpaired) electrons. The summed E-state index contributed by atoms with van der Waals surface area (Å²) in [4.78, 5) is 47.4. The van der Waals surface area contributed by atoms with E-state index in [-0.39, 0.29) is 31.6 Å². The number of rotatable bonds is 16. The number of aliphatic hydroxyl groups excluding tert-OH is 1. The number of carbonyl (C=O) groups excluding carboxylic acids is 3. The molecule has 3 saturated heterocycles. The average molecular weight is 568 g/mol. The van der Waals surface area contributed by atoms with E-state index >= 15 is 0 Å². The number of hydrogen-bond donors (Lipinski definition) is 1. The zero-order chi connectivity index (χ0) is 29.6. The largest absolute Gasteiger partial charge is 0.465 e. The van der Waals surface area contributed by atoms with Crippen LogP contribution in [0, 0.1) is 11.8 Å². The number of fused-ring (bicyclic) bond motifs is 1. The molecule has 2 bridgehead atoms. The number of unbranched alkanes of at least 4 members (excludes halogenated alkanes) is 2. The molecule has 3 aliphatic rings. The van der Waals surface area contributed by atoms with Gasteiger partial charge in [0.05, 0.1) is 24.5 Å². The maximum Gasteiger partial charge on any atom is 0.312 e. The summed E-state index contributed by atoms with van der Waals surface area (Å²) < 4.78 is 12.0. The highest BCUT2D eigenvalue weighted by molar-refractivity contribution is 6.04. The highest BCUT2D eigenvalue weighted by Gasteiger charge is 2.75. The van der Waals surface area contributed by atoms with Gasteiger partial charge >= 0.3 is 5.97 Å². The molecule has 3 fully saturated rings. The first-order valence-electron chi connectivity index (χ1n) is 15.0. The van der Waals surface area contributed by atoms with E-state index in [4.69, 9.17) is 9.47 Å². The van der Waals surface area contributed by atoms with Gasteiger partial charge in [-0.05, 0) is 76.6 Å². The number of amides is 2. The lowest BCUT2D eigenvalue weighted by atomic mass is 9.70. The lowest BCUT2D eigenvalue weighted by molar-refractivity contribution is -0.155. The molecule has 0 aromatic heterocycles. The van der Waals surface area contributed by atoms with Crippen molar-refractivity contribution in [2.45, 2.75) is 70.1 Å². The minimum absolute atomic E-state index is 0.0723. The second-order valence-electron chi connectivity index (χ2n) is 11.0. The Kier molecular flexibility index (Phi) is 10.3. The standard InChI is InChI=1S/C32H45N3O6/c1-5-9-22-40-31(39)26-25-17-18-32(41-25)27(26)29(37)35(20-11-10-12-21-36)28(32)30(38)34(19-6-2)24-15-13-23(14-16-24)33(7-3)8-4/h5-6,13-16,25-28,36H,1-2,7-12,17-22H2,3-4H3/t25-,26+,27+,28?,32?/m1/s1. The minimum Gasteiger partial charge on any atom is -0.465 e. The molecule has 5 atom stereocenters. The van der Waals surface area contributed by atoms with Crippen LogP contribution in [0.2, 0.25) is 0 Å². The van der Waals surface area contributed by atoms with Crippen LogP contribution in [0.1, 0.15) is 52.4 Å². The number of hydrogen-bond acceptors (Lipinski definition) is 7. The topological polar surface area (TPSA) is 99.6 Å². The maximum absolute atomic E-state index is 14.6. The van der Waals surface area contributed by atoms with Gasteiger partial charge in [0, 0.05) is 44.2 Å². The van der Waals surface area contributed by atoms with Crippen LogP contribution in [0.25, 0.3) is 0 Å². The number of aliphatic hydroxyl groups is 1. The lowest BCUT2D eigenvalue weighted by Crippen LogP contribution is -2.56. The van der Waals surface area contributed by atoms with Gasteiger partial charge < -0.3 is 29.3 Å². The van der Waals surface area contributed by atoms with E-state index < -0.39 is 35.6 Å². The molecule has 3 heterocycles. The molecule has 2 unspecified atom stereocenters.